The van der Waals surface area contributed by atoms with Crippen LogP contribution in [0.15, 0.2) is 36.0 Å². The maximum atomic E-state index is 12.5. The van der Waals surface area contributed by atoms with Gasteiger partial charge in [0, 0.05) is 18.8 Å². The molecule has 7 heteroatoms. The summed E-state index contributed by atoms with van der Waals surface area (Å²) in [6.07, 6.45) is 2.97. The van der Waals surface area contributed by atoms with Gasteiger partial charge in [-0.1, -0.05) is 31.2 Å². The molecule has 2 atom stereocenters. The van der Waals surface area contributed by atoms with Gasteiger partial charge in [0.1, 0.15) is 11.6 Å². The first-order chi connectivity index (χ1) is 12.8. The molecule has 0 aliphatic carbocycles. The van der Waals surface area contributed by atoms with E-state index in [1.54, 1.807) is 4.90 Å². The van der Waals surface area contributed by atoms with Crippen molar-refractivity contribution >= 4 is 15.7 Å². The Kier molecular flexibility index (Phi) is 7.03. The van der Waals surface area contributed by atoms with Crippen molar-refractivity contribution in [3.05, 3.63) is 47.2 Å². The van der Waals surface area contributed by atoms with Gasteiger partial charge in [-0.15, -0.1) is 0 Å². The molecule has 6 nitrogen and oxygen atoms in total. The Bertz CT molecular complexity index is 838. The van der Waals surface area contributed by atoms with E-state index in [9.17, 15) is 18.5 Å². The lowest BCUT2D eigenvalue weighted by molar-refractivity contribution is -0.117. The van der Waals surface area contributed by atoms with Gasteiger partial charge in [0.25, 0.3) is 5.91 Å². The molecule has 0 spiro atoms. The van der Waals surface area contributed by atoms with E-state index in [4.69, 9.17) is 0 Å². The summed E-state index contributed by atoms with van der Waals surface area (Å²) in [6, 6.07) is 9.52. The smallest absolute Gasteiger partial charge is 0.263 e. The maximum absolute atomic E-state index is 12.5. The first-order valence-corrected chi connectivity index (χ1v) is 11.1. The average Bonchev–Trinajstić information content (AvgIpc) is 3.02. The minimum atomic E-state index is -3.03. The van der Waals surface area contributed by atoms with Crippen LogP contribution in [0.4, 0.5) is 0 Å². The molecule has 1 aliphatic rings. The zero-order chi connectivity index (χ0) is 20.0. The molecular weight excluding hydrogens is 362 g/mol. The Labute approximate surface area is 161 Å². The Morgan fingerprint density at radius 2 is 2.04 bits per heavy atom. The summed E-state index contributed by atoms with van der Waals surface area (Å²) in [5.74, 6) is -0.234. The van der Waals surface area contributed by atoms with Crippen LogP contribution in [0.2, 0.25) is 0 Å². The summed E-state index contributed by atoms with van der Waals surface area (Å²) in [7, 11) is -3.03. The normalized spacial score (nSPS) is 19.9. The summed E-state index contributed by atoms with van der Waals surface area (Å²) in [4.78, 5) is 14.3. The number of nitriles is 1. The Balaban J connectivity index is 2.09. The highest BCUT2D eigenvalue weighted by Gasteiger charge is 2.31. The van der Waals surface area contributed by atoms with E-state index in [1.165, 1.54) is 11.8 Å². The average molecular weight is 390 g/mol. The fourth-order valence-corrected chi connectivity index (χ4v) is 4.94. The van der Waals surface area contributed by atoms with Crippen molar-refractivity contribution in [2.24, 2.45) is 0 Å². The maximum Gasteiger partial charge on any atom is 0.263 e. The molecule has 1 aliphatic heterocycles. The van der Waals surface area contributed by atoms with Crippen molar-refractivity contribution in [1.82, 2.24) is 10.2 Å². The molecule has 1 aromatic rings. The number of nitrogens with zero attached hydrogens (tertiary/aromatic N) is 2. The molecule has 1 amide bonds. The monoisotopic (exact) mass is 389 g/mol. The van der Waals surface area contributed by atoms with E-state index >= 15 is 0 Å². The van der Waals surface area contributed by atoms with Crippen molar-refractivity contribution in [3.63, 3.8) is 0 Å². The molecule has 1 fully saturated rings. The summed E-state index contributed by atoms with van der Waals surface area (Å²) >= 11 is 0. The SMILES string of the molecule is CCc1ccc(C(C)NC(=O)/C(C#N)=C\N(CC)C2CCS(=O)(=O)C2)cc1. The molecule has 0 aromatic heterocycles. The quantitative estimate of drug-likeness (QED) is 0.571. The highest BCUT2D eigenvalue weighted by atomic mass is 32.2. The molecule has 1 N–H and O–H groups in total. The van der Waals surface area contributed by atoms with Gasteiger partial charge < -0.3 is 10.2 Å². The highest BCUT2D eigenvalue weighted by Crippen LogP contribution is 2.19. The van der Waals surface area contributed by atoms with Crippen LogP contribution in [0.5, 0.6) is 0 Å². The second-order valence-electron chi connectivity index (χ2n) is 6.83. The lowest BCUT2D eigenvalue weighted by Crippen LogP contribution is -2.34. The summed E-state index contributed by atoms with van der Waals surface area (Å²) in [6.45, 7) is 6.37. The molecule has 0 bridgehead atoms. The number of benzene rings is 1. The van der Waals surface area contributed by atoms with E-state index in [1.807, 2.05) is 44.2 Å². The van der Waals surface area contributed by atoms with E-state index in [-0.39, 0.29) is 29.2 Å². The molecule has 1 heterocycles. The summed E-state index contributed by atoms with van der Waals surface area (Å²) in [5, 5.41) is 12.3. The minimum absolute atomic E-state index is 0.0156. The van der Waals surface area contributed by atoms with E-state index in [2.05, 4.69) is 12.2 Å². The molecule has 1 aromatic carbocycles. The van der Waals surface area contributed by atoms with Crippen LogP contribution >= 0.6 is 0 Å². The van der Waals surface area contributed by atoms with Crippen LogP contribution in [-0.2, 0) is 21.1 Å². The van der Waals surface area contributed by atoms with Crippen LogP contribution in [-0.4, -0.2) is 43.3 Å². The van der Waals surface area contributed by atoms with Crippen LogP contribution in [0.25, 0.3) is 0 Å². The number of amides is 1. The lowest BCUT2D eigenvalue weighted by atomic mass is 10.0. The van der Waals surface area contributed by atoms with Crippen molar-refractivity contribution in [2.75, 3.05) is 18.1 Å². The van der Waals surface area contributed by atoms with Crippen LogP contribution in [0, 0.1) is 11.3 Å². The second kappa shape index (κ2) is 9.05. The zero-order valence-electron chi connectivity index (χ0n) is 16.1. The van der Waals surface area contributed by atoms with Crippen LogP contribution in [0.3, 0.4) is 0 Å². The Morgan fingerprint density at radius 3 is 2.52 bits per heavy atom. The number of aryl methyl sites for hydroxylation is 1. The molecule has 2 rings (SSSR count). The summed E-state index contributed by atoms with van der Waals surface area (Å²) < 4.78 is 23.4. The first-order valence-electron chi connectivity index (χ1n) is 9.27. The number of carbonyl (C=O) groups excluding carboxylic acids is 1. The van der Waals surface area contributed by atoms with Gasteiger partial charge in [0.15, 0.2) is 9.84 Å². The number of sulfone groups is 1. The molecule has 2 unspecified atom stereocenters. The fourth-order valence-electron chi connectivity index (χ4n) is 3.20. The third-order valence-corrected chi connectivity index (χ3v) is 6.69. The third-order valence-electron chi connectivity index (χ3n) is 4.94. The zero-order valence-corrected chi connectivity index (χ0v) is 16.9. The fraction of sp³-hybridized carbons (Fsp3) is 0.500. The van der Waals surface area contributed by atoms with Gasteiger partial charge in [-0.05, 0) is 37.8 Å². The number of nitrogens with one attached hydrogen (secondary N) is 1. The van der Waals surface area contributed by atoms with Crippen LogP contribution in [0.1, 0.15) is 44.4 Å². The van der Waals surface area contributed by atoms with Crippen molar-refractivity contribution in [2.45, 2.75) is 45.7 Å². The minimum Gasteiger partial charge on any atom is -0.372 e. The van der Waals surface area contributed by atoms with E-state index in [0.29, 0.717) is 13.0 Å². The number of rotatable bonds is 7. The van der Waals surface area contributed by atoms with Gasteiger partial charge in [0.05, 0.1) is 17.5 Å². The molecule has 1 saturated heterocycles. The molecule has 0 radical (unpaired) electrons. The van der Waals surface area contributed by atoms with Crippen molar-refractivity contribution in [3.8, 4) is 6.07 Å². The number of hydrogen-bond donors (Lipinski definition) is 1. The number of carbonyl (C=O) groups is 1. The second-order valence-corrected chi connectivity index (χ2v) is 9.06. The predicted octanol–water partition coefficient (Wildman–Crippen LogP) is 2.34. The predicted molar refractivity (Wildman–Crippen MR) is 106 cm³/mol. The van der Waals surface area contributed by atoms with Gasteiger partial charge in [-0.25, -0.2) is 8.42 Å². The first kappa shape index (κ1) is 21.0. The van der Waals surface area contributed by atoms with Gasteiger partial charge >= 0.3 is 0 Å². The molecular formula is C20H27N3O3S. The van der Waals surface area contributed by atoms with Crippen LogP contribution < -0.4 is 5.32 Å². The summed E-state index contributed by atoms with van der Waals surface area (Å²) in [5.41, 5.74) is 2.17. The molecule has 146 valence electrons. The highest BCUT2D eigenvalue weighted by molar-refractivity contribution is 7.91. The van der Waals surface area contributed by atoms with E-state index in [0.717, 1.165) is 12.0 Å². The Morgan fingerprint density at radius 1 is 1.37 bits per heavy atom. The van der Waals surface area contributed by atoms with Crippen molar-refractivity contribution < 1.29 is 13.2 Å². The molecule has 0 saturated carbocycles. The largest absolute Gasteiger partial charge is 0.372 e. The number of hydrogen-bond acceptors (Lipinski definition) is 5. The third kappa shape index (κ3) is 5.57. The van der Waals surface area contributed by atoms with Crippen molar-refractivity contribution in [1.29, 1.82) is 5.26 Å². The Hall–Kier alpha value is -2.33. The standard InChI is InChI=1S/C20H27N3O3S/c1-4-16-6-8-17(9-7-16)15(3)22-20(24)18(12-21)13-23(5-2)19-10-11-27(25,26)14-19/h6-9,13,15,19H,4-5,10-11,14H2,1-3H3,(H,22,24)/b18-13-. The van der Waals surface area contributed by atoms with Gasteiger partial charge in [-0.2, -0.15) is 5.26 Å². The molecule has 27 heavy (non-hydrogen) atoms. The van der Waals surface area contributed by atoms with Gasteiger partial charge in [-0.3, -0.25) is 4.79 Å². The lowest BCUT2D eigenvalue weighted by Gasteiger charge is -2.25. The topological polar surface area (TPSA) is 90.3 Å². The van der Waals surface area contributed by atoms with Gasteiger partial charge in [0.2, 0.25) is 0 Å². The van der Waals surface area contributed by atoms with E-state index < -0.39 is 15.7 Å².